The van der Waals surface area contributed by atoms with Crippen LogP contribution in [0.15, 0.2) is 72.4 Å². The molecule has 3 saturated heterocycles. The van der Waals surface area contributed by atoms with Crippen LogP contribution < -0.4 is 21.4 Å². The number of ketones is 1. The van der Waals surface area contributed by atoms with Crippen LogP contribution >= 0.6 is 0 Å². The maximum atomic E-state index is 14.5. The van der Waals surface area contributed by atoms with Crippen molar-refractivity contribution in [3.63, 3.8) is 0 Å². The molecule has 4 aliphatic rings. The van der Waals surface area contributed by atoms with Crippen molar-refractivity contribution in [2.45, 2.75) is 200 Å². The Labute approximate surface area is 461 Å². The van der Waals surface area contributed by atoms with Crippen LogP contribution in [-0.4, -0.2) is 133 Å². The van der Waals surface area contributed by atoms with Crippen LogP contribution in [0, 0.1) is 47.3 Å². The zero-order chi connectivity index (χ0) is 57.6. The van der Waals surface area contributed by atoms with E-state index in [1.807, 2.05) is 52.8 Å². The van der Waals surface area contributed by atoms with Gasteiger partial charge in [0.25, 0.3) is 5.91 Å². The molecule has 0 radical (unpaired) electrons. The lowest BCUT2D eigenvalue weighted by molar-refractivity contribution is -0.267. The predicted octanol–water partition coefficient (Wildman–Crippen LogP) is 5.41. The van der Waals surface area contributed by atoms with E-state index < -0.39 is 102 Å². The molecule has 1 aromatic rings. The Bertz CT molecular complexity index is 2340. The first kappa shape index (κ1) is 63.6. The standard InChI is InChI=1S/C60H91N5O13/c1-11-43-30-37(6)60(63-55(43)72)41(10)53(70)40(9)51(78-60)33-49(69)35(4)20-14-12-15-21-36(5)50-26-17-13-16-25-48(68)39(8)54(71)45(28-27-38(7)66)56(73)62-52(34(2)3)57(74)61-47(32-42-22-18-23-44(67)31-42)58(75)65-29-19-24-46(64-65)59(76)77-50/h12-13,15-18,21-23,25,31,34-35,37,39-41,43,45-54,64,67-71H,11,14,19-20,24,26-30,32-33H2,1-10H3,(H,61,74)(H,62,73)(H,63,72)/b15-12+,17-13+,25-16+,36-21+/t35-,37-,39-,40-,41-,43-,45+,46-,47-,48-,49-,50-,51-,52-,53-,54+,60+/m0/s1. The molecule has 18 nitrogen and oxygen atoms in total. The number of aliphatic hydroxyl groups excluding tert-OH is 4. The van der Waals surface area contributed by atoms with Gasteiger partial charge in [-0.1, -0.05) is 110 Å². The fraction of sp³-hybridized carbons (Fsp3) is 0.667. The van der Waals surface area contributed by atoms with Gasteiger partial charge in [0.1, 0.15) is 41.5 Å². The summed E-state index contributed by atoms with van der Waals surface area (Å²) in [7, 11) is 0. The third-order valence-corrected chi connectivity index (χ3v) is 16.9. The van der Waals surface area contributed by atoms with Crippen molar-refractivity contribution in [1.29, 1.82) is 0 Å². The number of carbonyl (C=O) groups is 6. The Balaban J connectivity index is 1.35. The average Bonchev–Trinajstić information content (AvgIpc) is 3.51. The zero-order valence-corrected chi connectivity index (χ0v) is 47.6. The number of aromatic hydroxyl groups is 1. The first-order valence-corrected chi connectivity index (χ1v) is 28.4. The molecule has 1 spiro atoms. The molecule has 4 heterocycles. The number of benzene rings is 1. The van der Waals surface area contributed by atoms with E-state index in [1.165, 1.54) is 30.1 Å². The largest absolute Gasteiger partial charge is 0.508 e. The van der Waals surface area contributed by atoms with Crippen LogP contribution in [0.1, 0.15) is 139 Å². The quantitative estimate of drug-likeness (QED) is 0.0786. The van der Waals surface area contributed by atoms with E-state index in [0.29, 0.717) is 49.7 Å². The van der Waals surface area contributed by atoms with E-state index in [0.717, 1.165) is 6.42 Å². The molecule has 434 valence electrons. The summed E-state index contributed by atoms with van der Waals surface area (Å²) in [6.45, 7) is 18.3. The second kappa shape index (κ2) is 29.3. The normalized spacial score (nSPS) is 34.9. The monoisotopic (exact) mass is 1090 g/mol. The summed E-state index contributed by atoms with van der Waals surface area (Å²) in [6.07, 6.45) is 10.6. The van der Waals surface area contributed by atoms with E-state index in [-0.39, 0.29) is 79.3 Å². The number of rotatable bonds is 15. The summed E-state index contributed by atoms with van der Waals surface area (Å²) in [5.41, 5.74) is 3.27. The molecule has 4 amide bonds. The number of esters is 1. The molecular weight excluding hydrogens is 999 g/mol. The minimum Gasteiger partial charge on any atom is -0.508 e. The number of piperidine rings is 1. The number of fused-ring (bicyclic) bond motifs is 2. The molecule has 18 heteroatoms. The highest BCUT2D eigenvalue weighted by atomic mass is 16.5. The van der Waals surface area contributed by atoms with Gasteiger partial charge in [0.2, 0.25) is 17.7 Å². The van der Waals surface area contributed by atoms with Crippen molar-refractivity contribution < 1.29 is 63.8 Å². The number of phenols is 1. The maximum Gasteiger partial charge on any atom is 0.325 e. The van der Waals surface area contributed by atoms with Gasteiger partial charge >= 0.3 is 5.97 Å². The Morgan fingerprint density at radius 3 is 2.36 bits per heavy atom. The summed E-state index contributed by atoms with van der Waals surface area (Å²) in [4.78, 5) is 82.2. The summed E-state index contributed by atoms with van der Waals surface area (Å²) >= 11 is 0. The highest BCUT2D eigenvalue weighted by Gasteiger charge is 2.57. The molecule has 3 fully saturated rings. The number of amides is 4. The van der Waals surface area contributed by atoms with Gasteiger partial charge in [-0.3, -0.25) is 29.0 Å². The zero-order valence-electron chi connectivity index (χ0n) is 47.6. The molecular formula is C60H91N5O13. The molecule has 0 unspecified atom stereocenters. The molecule has 9 N–H and O–H groups in total. The fourth-order valence-electron chi connectivity index (χ4n) is 11.3. The van der Waals surface area contributed by atoms with Crippen molar-refractivity contribution in [3.05, 3.63) is 77.9 Å². The van der Waals surface area contributed by atoms with Gasteiger partial charge in [-0.15, -0.1) is 0 Å². The lowest BCUT2D eigenvalue weighted by Crippen LogP contribution is -2.71. The fourth-order valence-corrected chi connectivity index (χ4v) is 11.3. The van der Waals surface area contributed by atoms with E-state index in [2.05, 4.69) is 28.3 Å². The number of cyclic esters (lactones) is 1. The van der Waals surface area contributed by atoms with Gasteiger partial charge in [0.05, 0.1) is 36.4 Å². The van der Waals surface area contributed by atoms with Crippen molar-refractivity contribution in [2.75, 3.05) is 6.54 Å². The van der Waals surface area contributed by atoms with Crippen molar-refractivity contribution in [2.24, 2.45) is 47.3 Å². The summed E-state index contributed by atoms with van der Waals surface area (Å²) < 4.78 is 12.9. The van der Waals surface area contributed by atoms with Crippen LogP contribution in [-0.2, 0) is 44.7 Å². The molecule has 17 atom stereocenters. The Hall–Kier alpha value is -5.24. The lowest BCUT2D eigenvalue weighted by atomic mass is 9.69. The smallest absolute Gasteiger partial charge is 0.325 e. The van der Waals surface area contributed by atoms with Crippen molar-refractivity contribution in [1.82, 2.24) is 26.4 Å². The number of phenolic OH excluding ortho intramolecular Hbond substituents is 1. The van der Waals surface area contributed by atoms with Gasteiger partial charge < -0.3 is 55.8 Å². The number of hydrogen-bond donors (Lipinski definition) is 9. The van der Waals surface area contributed by atoms with E-state index >= 15 is 0 Å². The second-order valence-corrected chi connectivity index (χ2v) is 23.2. The molecule has 0 aromatic heterocycles. The number of aliphatic hydroxyl groups is 4. The number of ether oxygens (including phenoxy) is 2. The Morgan fingerprint density at radius 2 is 1.68 bits per heavy atom. The highest BCUT2D eigenvalue weighted by Crippen LogP contribution is 2.46. The summed E-state index contributed by atoms with van der Waals surface area (Å²) in [5.74, 6) is -6.33. The minimum atomic E-state index is -1.43. The van der Waals surface area contributed by atoms with Gasteiger partial charge in [0, 0.05) is 61.8 Å². The number of carbonyl (C=O) groups excluding carboxylic acids is 6. The van der Waals surface area contributed by atoms with Crippen LogP contribution in [0.2, 0.25) is 0 Å². The van der Waals surface area contributed by atoms with Crippen molar-refractivity contribution >= 4 is 35.4 Å². The summed E-state index contributed by atoms with van der Waals surface area (Å²) in [6, 6.07) is 2.90. The van der Waals surface area contributed by atoms with Crippen LogP contribution in [0.5, 0.6) is 5.75 Å². The number of hydrazine groups is 1. The van der Waals surface area contributed by atoms with Crippen LogP contribution in [0.4, 0.5) is 0 Å². The minimum absolute atomic E-state index is 0.0254. The molecule has 4 aliphatic heterocycles. The first-order valence-electron chi connectivity index (χ1n) is 28.4. The molecule has 5 rings (SSSR count). The van der Waals surface area contributed by atoms with E-state index in [4.69, 9.17) is 9.47 Å². The molecule has 1 aromatic carbocycles. The summed E-state index contributed by atoms with van der Waals surface area (Å²) in [5, 5.41) is 66.1. The Kier molecular flexibility index (Phi) is 23.9. The predicted molar refractivity (Wildman–Crippen MR) is 295 cm³/mol. The number of nitrogens with one attached hydrogen (secondary N) is 4. The number of allylic oxidation sites excluding steroid dienone is 5. The topological polar surface area (TPSA) is 273 Å². The van der Waals surface area contributed by atoms with Gasteiger partial charge in [-0.2, -0.15) is 0 Å². The average molecular weight is 1090 g/mol. The highest BCUT2D eigenvalue weighted by molar-refractivity contribution is 5.93. The Morgan fingerprint density at radius 1 is 0.949 bits per heavy atom. The van der Waals surface area contributed by atoms with Crippen molar-refractivity contribution in [3.8, 4) is 5.75 Å². The first-order chi connectivity index (χ1) is 36.9. The molecule has 2 bridgehead atoms. The lowest BCUT2D eigenvalue weighted by Gasteiger charge is -2.56. The van der Waals surface area contributed by atoms with Gasteiger partial charge in [-0.05, 0) is 93.9 Å². The molecule has 0 saturated carbocycles. The second-order valence-electron chi connectivity index (χ2n) is 23.2. The number of nitrogens with zero attached hydrogens (tertiary/aromatic N) is 1. The van der Waals surface area contributed by atoms with Crippen LogP contribution in [0.3, 0.4) is 0 Å². The molecule has 78 heavy (non-hydrogen) atoms. The molecule has 0 aliphatic carbocycles. The van der Waals surface area contributed by atoms with E-state index in [9.17, 15) is 54.3 Å². The van der Waals surface area contributed by atoms with E-state index in [1.54, 1.807) is 51.1 Å². The SMILES string of the molecule is CC[C@H]1C[C@H](C)[C@@]2(NC1=O)O[C@@H](C[C@H](O)[C@@H](C)CC/C=C/C=C(\C)[C@@H]1C/C=C/C=C/[C@H](O)[C@H](C)[C@@H](O)[C@@H](CCC(C)=O)C(=O)N[C@@H](C(C)C)C(=O)N[C@@H](Cc3cccc(O)c3)C(=O)N3CCC[C@H](N3)C(=O)O1)[C@H](C)[C@H](O)[C@@H]2C. The number of Topliss-reactive ketones (excluding diaryl/α,β-unsaturated/α-hetero) is 1. The third-order valence-electron chi connectivity index (χ3n) is 16.9. The third kappa shape index (κ3) is 16.7. The van der Waals surface area contributed by atoms with Gasteiger partial charge in [-0.25, -0.2) is 5.43 Å². The number of hydrogen-bond acceptors (Lipinski definition) is 14. The maximum absolute atomic E-state index is 14.5. The van der Waals surface area contributed by atoms with Gasteiger partial charge in [0.15, 0.2) is 0 Å². The van der Waals surface area contributed by atoms with Crippen LogP contribution in [0.25, 0.3) is 0 Å².